The highest BCUT2D eigenvalue weighted by molar-refractivity contribution is 9.10. The minimum Gasteiger partial charge on any atom is -0.419 e. The van der Waals surface area contributed by atoms with E-state index in [1.165, 1.54) is 0 Å². The summed E-state index contributed by atoms with van der Waals surface area (Å²) in [5.41, 5.74) is 0.900. The number of nitrogens with one attached hydrogen (secondary N) is 1. The zero-order chi connectivity index (χ0) is 15.1. The van der Waals surface area contributed by atoms with Crippen molar-refractivity contribution in [3.63, 3.8) is 0 Å². The number of hydrogen-bond acceptors (Lipinski definition) is 5. The number of benzene rings is 1. The molecular weight excluding hydrogens is 334 g/mol. The average Bonchev–Trinajstić information content (AvgIpc) is 2.91. The monoisotopic (exact) mass is 353 g/mol. The molecule has 21 heavy (non-hydrogen) atoms. The number of ether oxygens (including phenoxy) is 1. The van der Waals surface area contributed by atoms with Gasteiger partial charge >= 0.3 is 0 Å². The number of halogens is 1. The first-order valence-electron chi connectivity index (χ1n) is 7.02. The van der Waals surface area contributed by atoms with Gasteiger partial charge in [0, 0.05) is 17.6 Å². The summed E-state index contributed by atoms with van der Waals surface area (Å²) in [6, 6.07) is 7.77. The molecule has 0 atom stereocenters. The lowest BCUT2D eigenvalue weighted by Gasteiger charge is -2.06. The summed E-state index contributed by atoms with van der Waals surface area (Å²) in [6.45, 7) is 7.05. The number of hydrogen-bond donors (Lipinski definition) is 1. The molecule has 0 bridgehead atoms. The molecule has 0 saturated carbocycles. The molecule has 0 aliphatic heterocycles. The zero-order valence-corrected chi connectivity index (χ0v) is 13.9. The van der Waals surface area contributed by atoms with Gasteiger partial charge in [0.05, 0.1) is 18.7 Å². The summed E-state index contributed by atoms with van der Waals surface area (Å²) in [5.74, 6) is 1.66. The maximum atomic E-state index is 5.64. The van der Waals surface area contributed by atoms with E-state index in [9.17, 15) is 0 Å². The van der Waals surface area contributed by atoms with E-state index in [0.29, 0.717) is 30.9 Å². The first-order chi connectivity index (χ1) is 10.2. The van der Waals surface area contributed by atoms with Gasteiger partial charge in [0.2, 0.25) is 11.8 Å². The van der Waals surface area contributed by atoms with Crippen molar-refractivity contribution in [3.05, 3.63) is 34.6 Å². The van der Waals surface area contributed by atoms with Crippen LogP contribution in [0.25, 0.3) is 11.5 Å². The quantitative estimate of drug-likeness (QED) is 0.738. The fourth-order valence-electron chi connectivity index (χ4n) is 1.73. The van der Waals surface area contributed by atoms with E-state index in [1.54, 1.807) is 0 Å². The Labute approximate surface area is 133 Å². The lowest BCUT2D eigenvalue weighted by molar-refractivity contribution is 0.111. The van der Waals surface area contributed by atoms with Crippen molar-refractivity contribution in [2.45, 2.75) is 20.4 Å². The third-order valence-corrected chi connectivity index (χ3v) is 3.41. The SMILES string of the molecule is CC(C)COCCNCc1nnc(-c2ccccc2Br)o1. The average molecular weight is 354 g/mol. The van der Waals surface area contributed by atoms with Crippen molar-refractivity contribution >= 4 is 15.9 Å². The molecule has 1 N–H and O–H groups in total. The van der Waals surface area contributed by atoms with Crippen LogP contribution in [0, 0.1) is 5.92 Å². The van der Waals surface area contributed by atoms with Crippen LogP contribution in [0.5, 0.6) is 0 Å². The number of aromatic nitrogens is 2. The second kappa shape index (κ2) is 8.26. The van der Waals surface area contributed by atoms with E-state index in [2.05, 4.69) is 45.3 Å². The smallest absolute Gasteiger partial charge is 0.248 e. The minimum atomic E-state index is 0.523. The van der Waals surface area contributed by atoms with Gasteiger partial charge in [0.15, 0.2) is 0 Å². The Hall–Kier alpha value is -1.24. The van der Waals surface area contributed by atoms with Crippen molar-refractivity contribution in [1.82, 2.24) is 15.5 Å². The molecule has 0 radical (unpaired) electrons. The standard InChI is InChI=1S/C15H20BrN3O2/c1-11(2)10-20-8-7-17-9-14-18-19-15(21-14)12-5-3-4-6-13(12)16/h3-6,11,17H,7-10H2,1-2H3. The third kappa shape index (κ3) is 5.22. The summed E-state index contributed by atoms with van der Waals surface area (Å²) in [7, 11) is 0. The van der Waals surface area contributed by atoms with Crippen LogP contribution < -0.4 is 5.32 Å². The summed E-state index contributed by atoms with van der Waals surface area (Å²) < 4.78 is 12.1. The lowest BCUT2D eigenvalue weighted by atomic mass is 10.2. The largest absolute Gasteiger partial charge is 0.419 e. The van der Waals surface area contributed by atoms with E-state index in [-0.39, 0.29) is 0 Å². The molecule has 0 amide bonds. The fourth-order valence-corrected chi connectivity index (χ4v) is 2.18. The van der Waals surface area contributed by atoms with Gasteiger partial charge in [-0.05, 0) is 34.0 Å². The highest BCUT2D eigenvalue weighted by atomic mass is 79.9. The Kier molecular flexibility index (Phi) is 6.35. The molecule has 0 fully saturated rings. The Morgan fingerprint density at radius 2 is 2.10 bits per heavy atom. The first-order valence-corrected chi connectivity index (χ1v) is 7.82. The van der Waals surface area contributed by atoms with Crippen molar-refractivity contribution in [3.8, 4) is 11.5 Å². The zero-order valence-electron chi connectivity index (χ0n) is 12.3. The Balaban J connectivity index is 1.78. The van der Waals surface area contributed by atoms with Gasteiger partial charge in [-0.25, -0.2) is 0 Å². The summed E-state index contributed by atoms with van der Waals surface area (Å²) in [4.78, 5) is 0. The van der Waals surface area contributed by atoms with Crippen LogP contribution in [0.2, 0.25) is 0 Å². The molecule has 0 aliphatic rings. The van der Waals surface area contributed by atoms with Gasteiger partial charge in [0.1, 0.15) is 0 Å². The van der Waals surface area contributed by atoms with Crippen LogP contribution in [0.3, 0.4) is 0 Å². The van der Waals surface area contributed by atoms with Crippen LogP contribution in [-0.4, -0.2) is 30.0 Å². The summed E-state index contributed by atoms with van der Waals surface area (Å²) in [5, 5.41) is 11.3. The van der Waals surface area contributed by atoms with Crippen molar-refractivity contribution < 1.29 is 9.15 Å². The fraction of sp³-hybridized carbons (Fsp3) is 0.467. The molecule has 0 unspecified atom stereocenters. The van der Waals surface area contributed by atoms with Gasteiger partial charge in [-0.1, -0.05) is 26.0 Å². The normalized spacial score (nSPS) is 11.2. The number of nitrogens with zero attached hydrogens (tertiary/aromatic N) is 2. The maximum absolute atomic E-state index is 5.64. The van der Waals surface area contributed by atoms with Crippen molar-refractivity contribution in [2.24, 2.45) is 5.92 Å². The second-order valence-corrected chi connectivity index (χ2v) is 5.98. The highest BCUT2D eigenvalue weighted by Gasteiger charge is 2.10. The van der Waals surface area contributed by atoms with Gasteiger partial charge in [-0.3, -0.25) is 0 Å². The van der Waals surface area contributed by atoms with Crippen LogP contribution in [-0.2, 0) is 11.3 Å². The second-order valence-electron chi connectivity index (χ2n) is 5.13. The topological polar surface area (TPSA) is 60.2 Å². The van der Waals surface area contributed by atoms with Crippen LogP contribution in [0.15, 0.2) is 33.2 Å². The number of rotatable bonds is 8. The molecule has 114 valence electrons. The predicted molar refractivity (Wildman–Crippen MR) is 84.8 cm³/mol. The van der Waals surface area contributed by atoms with E-state index >= 15 is 0 Å². The Morgan fingerprint density at radius 3 is 2.86 bits per heavy atom. The minimum absolute atomic E-state index is 0.523. The summed E-state index contributed by atoms with van der Waals surface area (Å²) in [6.07, 6.45) is 0. The van der Waals surface area contributed by atoms with Crippen molar-refractivity contribution in [1.29, 1.82) is 0 Å². The molecule has 2 aromatic rings. The van der Waals surface area contributed by atoms with E-state index in [0.717, 1.165) is 23.2 Å². The molecule has 0 aliphatic carbocycles. The van der Waals surface area contributed by atoms with E-state index < -0.39 is 0 Å². The molecule has 0 saturated heterocycles. The molecule has 1 aromatic heterocycles. The first kappa shape index (κ1) is 16.1. The van der Waals surface area contributed by atoms with E-state index in [1.807, 2.05) is 24.3 Å². The van der Waals surface area contributed by atoms with Crippen LogP contribution in [0.1, 0.15) is 19.7 Å². The van der Waals surface area contributed by atoms with Crippen LogP contribution in [0.4, 0.5) is 0 Å². The van der Waals surface area contributed by atoms with E-state index in [4.69, 9.17) is 9.15 Å². The van der Waals surface area contributed by atoms with Gasteiger partial charge < -0.3 is 14.5 Å². The van der Waals surface area contributed by atoms with Crippen molar-refractivity contribution in [2.75, 3.05) is 19.8 Å². The van der Waals surface area contributed by atoms with Gasteiger partial charge in [-0.2, -0.15) is 0 Å². The van der Waals surface area contributed by atoms with Gasteiger partial charge in [0.25, 0.3) is 0 Å². The van der Waals surface area contributed by atoms with Crippen LogP contribution >= 0.6 is 15.9 Å². The molecule has 5 nitrogen and oxygen atoms in total. The highest BCUT2D eigenvalue weighted by Crippen LogP contribution is 2.26. The lowest BCUT2D eigenvalue weighted by Crippen LogP contribution is -2.20. The van der Waals surface area contributed by atoms with Gasteiger partial charge in [-0.15, -0.1) is 10.2 Å². The maximum Gasteiger partial charge on any atom is 0.248 e. The third-order valence-electron chi connectivity index (χ3n) is 2.72. The molecule has 0 spiro atoms. The molecule has 1 heterocycles. The molecular formula is C15H20BrN3O2. The molecule has 1 aromatic carbocycles. The Bertz CT molecular complexity index is 557. The predicted octanol–water partition coefficient (Wildman–Crippen LogP) is 3.26. The molecule has 2 rings (SSSR count). The summed E-state index contributed by atoms with van der Waals surface area (Å²) >= 11 is 3.48. The molecule has 6 heteroatoms. The Morgan fingerprint density at radius 1 is 1.29 bits per heavy atom.